The predicted octanol–water partition coefficient (Wildman–Crippen LogP) is 1.64. The minimum absolute atomic E-state index is 0.0201. The number of aliphatic carboxylic acids is 1. The average Bonchev–Trinajstić information content (AvgIpc) is 3.13. The number of carboxylic acids is 1. The molecule has 0 aromatic heterocycles. The van der Waals surface area contributed by atoms with E-state index in [0.29, 0.717) is 31.6 Å². The van der Waals surface area contributed by atoms with Crippen molar-refractivity contribution in [1.82, 2.24) is 10.2 Å². The molecule has 3 rings (SSSR count). The van der Waals surface area contributed by atoms with E-state index in [2.05, 4.69) is 5.32 Å². The van der Waals surface area contributed by atoms with E-state index >= 15 is 0 Å². The SMILES string of the molecule is CC(C)[C@H](NC(=O)C1CC(=O)N(c2ccc(F)cc2)C1)C(=O)N1CCC(C(=O)O)CC1. The molecule has 1 unspecified atom stereocenters. The van der Waals surface area contributed by atoms with Crippen LogP contribution < -0.4 is 10.2 Å². The topological polar surface area (TPSA) is 107 Å². The van der Waals surface area contributed by atoms with E-state index in [1.54, 1.807) is 4.90 Å². The van der Waals surface area contributed by atoms with Crippen LogP contribution in [-0.2, 0) is 19.2 Å². The van der Waals surface area contributed by atoms with Gasteiger partial charge in [0.25, 0.3) is 0 Å². The van der Waals surface area contributed by atoms with Crippen molar-refractivity contribution in [2.24, 2.45) is 17.8 Å². The maximum Gasteiger partial charge on any atom is 0.306 e. The van der Waals surface area contributed by atoms with Crippen LogP contribution in [0.15, 0.2) is 24.3 Å². The molecule has 2 N–H and O–H groups in total. The second kappa shape index (κ2) is 9.45. The normalized spacial score (nSPS) is 20.8. The summed E-state index contributed by atoms with van der Waals surface area (Å²) in [4.78, 5) is 52.4. The van der Waals surface area contributed by atoms with E-state index < -0.39 is 29.7 Å². The predicted molar refractivity (Wildman–Crippen MR) is 111 cm³/mol. The fourth-order valence-electron chi connectivity index (χ4n) is 4.08. The van der Waals surface area contributed by atoms with Crippen LogP contribution in [-0.4, -0.2) is 59.4 Å². The van der Waals surface area contributed by atoms with Gasteiger partial charge in [0.05, 0.1) is 11.8 Å². The molecule has 8 nitrogen and oxygen atoms in total. The van der Waals surface area contributed by atoms with Crippen LogP contribution in [0.3, 0.4) is 0 Å². The molecule has 1 aromatic carbocycles. The van der Waals surface area contributed by atoms with E-state index in [0.717, 1.165) is 0 Å². The van der Waals surface area contributed by atoms with Gasteiger partial charge < -0.3 is 20.2 Å². The van der Waals surface area contributed by atoms with E-state index in [9.17, 15) is 23.6 Å². The molecule has 2 aliphatic rings. The Balaban J connectivity index is 1.62. The van der Waals surface area contributed by atoms with Gasteiger partial charge in [-0.05, 0) is 43.0 Å². The Bertz CT molecular complexity index is 849. The number of likely N-dealkylation sites (tertiary alicyclic amines) is 1. The van der Waals surface area contributed by atoms with Gasteiger partial charge in [-0.15, -0.1) is 0 Å². The standard InChI is InChI=1S/C22H28FN3O5/c1-13(2)19(21(29)25-9-7-14(8-10-25)22(30)31)24-20(28)15-11-18(27)26(12-15)17-5-3-16(23)4-6-17/h3-6,13-15,19H,7-12H2,1-2H3,(H,24,28)(H,30,31)/t15?,19-/m0/s1. The highest BCUT2D eigenvalue weighted by Gasteiger charge is 2.38. The number of rotatable bonds is 6. The van der Waals surface area contributed by atoms with Gasteiger partial charge in [0.1, 0.15) is 11.9 Å². The quantitative estimate of drug-likeness (QED) is 0.709. The molecule has 3 amide bonds. The van der Waals surface area contributed by atoms with Gasteiger partial charge in [-0.3, -0.25) is 19.2 Å². The van der Waals surface area contributed by atoms with Crippen molar-refractivity contribution in [2.75, 3.05) is 24.5 Å². The van der Waals surface area contributed by atoms with Crippen LogP contribution in [0.5, 0.6) is 0 Å². The summed E-state index contributed by atoms with van der Waals surface area (Å²) in [6.07, 6.45) is 0.805. The fraction of sp³-hybridized carbons (Fsp3) is 0.545. The molecule has 168 valence electrons. The zero-order valence-electron chi connectivity index (χ0n) is 17.7. The lowest BCUT2D eigenvalue weighted by Gasteiger charge is -2.34. The number of amides is 3. The number of halogens is 1. The first kappa shape index (κ1) is 22.7. The van der Waals surface area contributed by atoms with Gasteiger partial charge >= 0.3 is 5.97 Å². The number of benzene rings is 1. The van der Waals surface area contributed by atoms with Gasteiger partial charge in [0.2, 0.25) is 17.7 Å². The van der Waals surface area contributed by atoms with Crippen LogP contribution in [0, 0.1) is 23.6 Å². The largest absolute Gasteiger partial charge is 0.481 e. The Morgan fingerprint density at radius 1 is 1.10 bits per heavy atom. The number of carboxylic acid groups (broad SMARTS) is 1. The molecule has 1 aromatic rings. The van der Waals surface area contributed by atoms with Crippen molar-refractivity contribution in [3.05, 3.63) is 30.1 Å². The highest BCUT2D eigenvalue weighted by atomic mass is 19.1. The van der Waals surface area contributed by atoms with Gasteiger partial charge in [-0.2, -0.15) is 0 Å². The third-order valence-corrected chi connectivity index (χ3v) is 6.02. The van der Waals surface area contributed by atoms with Crippen molar-refractivity contribution in [3.63, 3.8) is 0 Å². The van der Waals surface area contributed by atoms with E-state index in [-0.39, 0.29) is 36.6 Å². The fourth-order valence-corrected chi connectivity index (χ4v) is 4.08. The summed E-state index contributed by atoms with van der Waals surface area (Å²) >= 11 is 0. The summed E-state index contributed by atoms with van der Waals surface area (Å²) in [7, 11) is 0. The highest BCUT2D eigenvalue weighted by molar-refractivity contribution is 6.01. The van der Waals surface area contributed by atoms with Crippen molar-refractivity contribution in [1.29, 1.82) is 0 Å². The Labute approximate surface area is 180 Å². The molecule has 0 saturated carbocycles. The maximum absolute atomic E-state index is 13.2. The number of carbonyl (C=O) groups is 4. The van der Waals surface area contributed by atoms with Crippen LogP contribution in [0.4, 0.5) is 10.1 Å². The zero-order chi connectivity index (χ0) is 22.7. The van der Waals surface area contributed by atoms with E-state index in [1.165, 1.54) is 29.2 Å². The lowest BCUT2D eigenvalue weighted by molar-refractivity contribution is -0.146. The molecule has 31 heavy (non-hydrogen) atoms. The first-order chi connectivity index (χ1) is 14.7. The molecule has 0 spiro atoms. The van der Waals surface area contributed by atoms with Crippen LogP contribution in [0.1, 0.15) is 33.1 Å². The molecule has 2 heterocycles. The smallest absolute Gasteiger partial charge is 0.306 e. The lowest BCUT2D eigenvalue weighted by Crippen LogP contribution is -2.54. The van der Waals surface area contributed by atoms with Crippen LogP contribution in [0.2, 0.25) is 0 Å². The Hall–Kier alpha value is -2.97. The minimum Gasteiger partial charge on any atom is -0.481 e. The molecular weight excluding hydrogens is 405 g/mol. The first-order valence-corrected chi connectivity index (χ1v) is 10.5. The average molecular weight is 433 g/mol. The van der Waals surface area contributed by atoms with Crippen molar-refractivity contribution in [3.8, 4) is 0 Å². The van der Waals surface area contributed by atoms with Crippen molar-refractivity contribution in [2.45, 2.75) is 39.2 Å². The van der Waals surface area contributed by atoms with E-state index in [4.69, 9.17) is 5.11 Å². The summed E-state index contributed by atoms with van der Waals surface area (Å²) in [5, 5.41) is 11.9. The second-order valence-electron chi connectivity index (χ2n) is 8.55. The number of hydrogen-bond acceptors (Lipinski definition) is 4. The van der Waals surface area contributed by atoms with Gasteiger partial charge in [0, 0.05) is 31.7 Å². The molecule has 2 aliphatic heterocycles. The van der Waals surface area contributed by atoms with Gasteiger partial charge in [-0.25, -0.2) is 4.39 Å². The number of carbonyl (C=O) groups excluding carboxylic acids is 3. The van der Waals surface area contributed by atoms with Crippen molar-refractivity contribution < 1.29 is 28.7 Å². The van der Waals surface area contributed by atoms with E-state index in [1.807, 2.05) is 13.8 Å². The lowest BCUT2D eigenvalue weighted by atomic mass is 9.95. The maximum atomic E-state index is 13.2. The third-order valence-electron chi connectivity index (χ3n) is 6.02. The van der Waals surface area contributed by atoms with Crippen LogP contribution >= 0.6 is 0 Å². The molecule has 0 bridgehead atoms. The number of piperidine rings is 1. The number of hydrogen-bond donors (Lipinski definition) is 2. The Kier molecular flexibility index (Phi) is 6.92. The molecule has 0 radical (unpaired) electrons. The second-order valence-corrected chi connectivity index (χ2v) is 8.55. The zero-order valence-corrected chi connectivity index (χ0v) is 17.7. The summed E-state index contributed by atoms with van der Waals surface area (Å²) in [5.74, 6) is -3.30. The van der Waals surface area contributed by atoms with Gasteiger partial charge in [-0.1, -0.05) is 13.8 Å². The minimum atomic E-state index is -0.850. The van der Waals surface area contributed by atoms with Gasteiger partial charge in [0.15, 0.2) is 0 Å². The Morgan fingerprint density at radius 3 is 2.26 bits per heavy atom. The monoisotopic (exact) mass is 433 g/mol. The molecule has 2 fully saturated rings. The number of anilines is 1. The van der Waals surface area contributed by atoms with Crippen molar-refractivity contribution >= 4 is 29.4 Å². The molecule has 0 aliphatic carbocycles. The number of nitrogens with zero attached hydrogens (tertiary/aromatic N) is 2. The first-order valence-electron chi connectivity index (χ1n) is 10.5. The molecule has 2 atom stereocenters. The molecular formula is C22H28FN3O5. The summed E-state index contributed by atoms with van der Waals surface area (Å²) in [6, 6.07) is 4.76. The molecule has 9 heteroatoms. The summed E-state index contributed by atoms with van der Waals surface area (Å²) in [5.41, 5.74) is 0.527. The molecule has 2 saturated heterocycles. The third kappa shape index (κ3) is 5.21. The van der Waals surface area contributed by atoms with Crippen LogP contribution in [0.25, 0.3) is 0 Å². The number of nitrogens with one attached hydrogen (secondary N) is 1. The Morgan fingerprint density at radius 2 is 1.71 bits per heavy atom. The summed E-state index contributed by atoms with van der Waals surface area (Å²) < 4.78 is 13.2. The highest BCUT2D eigenvalue weighted by Crippen LogP contribution is 2.26. The summed E-state index contributed by atoms with van der Waals surface area (Å²) in [6.45, 7) is 4.51.